The van der Waals surface area contributed by atoms with Gasteiger partial charge in [0.2, 0.25) is 5.89 Å². The highest BCUT2D eigenvalue weighted by molar-refractivity contribution is 7.99. The van der Waals surface area contributed by atoms with E-state index in [1.165, 1.54) is 0 Å². The van der Waals surface area contributed by atoms with E-state index in [2.05, 4.69) is 22.4 Å². The zero-order valence-corrected chi connectivity index (χ0v) is 10.7. The third-order valence-corrected chi connectivity index (χ3v) is 3.11. The van der Waals surface area contributed by atoms with Crippen LogP contribution in [0.2, 0.25) is 0 Å². The highest BCUT2D eigenvalue weighted by atomic mass is 32.2. The van der Waals surface area contributed by atoms with E-state index in [4.69, 9.17) is 4.42 Å². The fourth-order valence-electron chi connectivity index (χ4n) is 1.36. The molecule has 2 aromatic rings. The third-order valence-electron chi connectivity index (χ3n) is 2.18. The van der Waals surface area contributed by atoms with E-state index in [0.29, 0.717) is 16.4 Å². The van der Waals surface area contributed by atoms with E-state index < -0.39 is 0 Å². The molecule has 90 valence electrons. The summed E-state index contributed by atoms with van der Waals surface area (Å²) >= 11 is 1.58. The monoisotopic (exact) mass is 249 g/mol. The van der Waals surface area contributed by atoms with Crippen LogP contribution < -0.4 is 5.32 Å². The number of nitrogens with one attached hydrogen (secondary N) is 1. The van der Waals surface area contributed by atoms with E-state index in [0.717, 1.165) is 12.2 Å². The number of aryl methyl sites for hydroxylation is 1. The molecular weight excluding hydrogens is 234 g/mol. The molecule has 0 aliphatic heterocycles. The van der Waals surface area contributed by atoms with E-state index in [9.17, 15) is 0 Å². The Bertz CT molecular complexity index is 458. The summed E-state index contributed by atoms with van der Waals surface area (Å²) in [6.07, 6.45) is 0. The summed E-state index contributed by atoms with van der Waals surface area (Å²) in [5.74, 6) is 0.607. The SMILES string of the molecule is Cc1nnc(SC(C)CNc2ccccc2)o1. The molecule has 0 spiro atoms. The first-order chi connectivity index (χ1) is 8.24. The van der Waals surface area contributed by atoms with Crippen molar-refractivity contribution in [1.29, 1.82) is 0 Å². The van der Waals surface area contributed by atoms with Crippen molar-refractivity contribution in [3.63, 3.8) is 0 Å². The Morgan fingerprint density at radius 2 is 2.06 bits per heavy atom. The van der Waals surface area contributed by atoms with Crippen molar-refractivity contribution in [1.82, 2.24) is 10.2 Å². The van der Waals surface area contributed by atoms with Gasteiger partial charge in [-0.3, -0.25) is 0 Å². The number of nitrogens with zero attached hydrogens (tertiary/aromatic N) is 2. The molecule has 1 N–H and O–H groups in total. The fourth-order valence-corrected chi connectivity index (χ4v) is 2.12. The Labute approximate surface area is 105 Å². The Hall–Kier alpha value is -1.49. The highest BCUT2D eigenvalue weighted by Crippen LogP contribution is 2.21. The topological polar surface area (TPSA) is 51.0 Å². The predicted octanol–water partition coefficient (Wildman–Crippen LogP) is 2.97. The molecule has 4 nitrogen and oxygen atoms in total. The summed E-state index contributed by atoms with van der Waals surface area (Å²) in [5.41, 5.74) is 1.13. The van der Waals surface area contributed by atoms with Crippen molar-refractivity contribution in [3.8, 4) is 0 Å². The van der Waals surface area contributed by atoms with Gasteiger partial charge in [0.25, 0.3) is 5.22 Å². The van der Waals surface area contributed by atoms with Crippen LogP contribution in [0.3, 0.4) is 0 Å². The average molecular weight is 249 g/mol. The molecule has 0 amide bonds. The van der Waals surface area contributed by atoms with Crippen molar-refractivity contribution in [3.05, 3.63) is 36.2 Å². The number of para-hydroxylation sites is 1. The third kappa shape index (κ3) is 3.78. The standard InChI is InChI=1S/C12H15N3OS/c1-9(17-12-15-14-10(2)16-12)8-13-11-6-4-3-5-7-11/h3-7,9,13H,8H2,1-2H3. The number of anilines is 1. The molecule has 0 saturated heterocycles. The summed E-state index contributed by atoms with van der Waals surface area (Å²) in [4.78, 5) is 0. The summed E-state index contributed by atoms with van der Waals surface area (Å²) in [5, 5.41) is 12.1. The molecule has 0 fully saturated rings. The van der Waals surface area contributed by atoms with Crippen molar-refractivity contribution in [2.45, 2.75) is 24.3 Å². The van der Waals surface area contributed by atoms with Crippen LogP contribution in [0.25, 0.3) is 0 Å². The molecule has 1 atom stereocenters. The minimum Gasteiger partial charge on any atom is -0.416 e. The zero-order chi connectivity index (χ0) is 12.1. The smallest absolute Gasteiger partial charge is 0.276 e. The Morgan fingerprint density at radius 1 is 1.29 bits per heavy atom. The fraction of sp³-hybridized carbons (Fsp3) is 0.333. The maximum absolute atomic E-state index is 5.32. The number of rotatable bonds is 5. The summed E-state index contributed by atoms with van der Waals surface area (Å²) in [6, 6.07) is 10.1. The molecular formula is C12H15N3OS. The number of hydrogen-bond acceptors (Lipinski definition) is 5. The lowest BCUT2D eigenvalue weighted by molar-refractivity contribution is 0.428. The van der Waals surface area contributed by atoms with Crippen LogP contribution in [0.15, 0.2) is 40.0 Å². The molecule has 0 saturated carbocycles. The van der Waals surface area contributed by atoms with E-state index in [1.807, 2.05) is 30.3 Å². The second-order valence-corrected chi connectivity index (χ2v) is 5.15. The van der Waals surface area contributed by atoms with Gasteiger partial charge in [0, 0.05) is 24.4 Å². The van der Waals surface area contributed by atoms with Crippen molar-refractivity contribution in [2.24, 2.45) is 0 Å². The van der Waals surface area contributed by atoms with Gasteiger partial charge in [-0.1, -0.05) is 36.9 Å². The first-order valence-corrected chi connectivity index (χ1v) is 6.37. The van der Waals surface area contributed by atoms with Crippen molar-refractivity contribution >= 4 is 17.4 Å². The van der Waals surface area contributed by atoms with Gasteiger partial charge in [0.1, 0.15) is 0 Å². The highest BCUT2D eigenvalue weighted by Gasteiger charge is 2.09. The molecule has 1 heterocycles. The summed E-state index contributed by atoms with van der Waals surface area (Å²) < 4.78 is 5.32. The quantitative estimate of drug-likeness (QED) is 0.826. The second kappa shape index (κ2) is 5.72. The Kier molecular flexibility index (Phi) is 4.03. The lowest BCUT2D eigenvalue weighted by atomic mass is 10.3. The van der Waals surface area contributed by atoms with Gasteiger partial charge in [0.05, 0.1) is 0 Å². The van der Waals surface area contributed by atoms with Gasteiger partial charge in [-0.2, -0.15) is 0 Å². The van der Waals surface area contributed by atoms with Gasteiger partial charge in [-0.25, -0.2) is 0 Å². The minimum atomic E-state index is 0.370. The molecule has 5 heteroatoms. The average Bonchev–Trinajstić information content (AvgIpc) is 2.73. The Morgan fingerprint density at radius 3 is 2.71 bits per heavy atom. The molecule has 0 aliphatic carbocycles. The van der Waals surface area contributed by atoms with Gasteiger partial charge in [0.15, 0.2) is 0 Å². The second-order valence-electron chi connectivity index (χ2n) is 3.76. The van der Waals surface area contributed by atoms with E-state index in [-0.39, 0.29) is 0 Å². The molecule has 17 heavy (non-hydrogen) atoms. The van der Waals surface area contributed by atoms with Crippen LogP contribution in [-0.4, -0.2) is 22.0 Å². The molecule has 0 bridgehead atoms. The summed E-state index contributed by atoms with van der Waals surface area (Å²) in [6.45, 7) is 4.78. The normalized spacial score (nSPS) is 12.4. The molecule has 2 rings (SSSR count). The maximum atomic E-state index is 5.32. The van der Waals surface area contributed by atoms with E-state index in [1.54, 1.807) is 18.7 Å². The number of hydrogen-bond donors (Lipinski definition) is 1. The molecule has 0 radical (unpaired) electrons. The number of aromatic nitrogens is 2. The van der Waals surface area contributed by atoms with Crippen LogP contribution >= 0.6 is 11.8 Å². The molecule has 1 unspecified atom stereocenters. The lowest BCUT2D eigenvalue weighted by Gasteiger charge is -2.10. The van der Waals surface area contributed by atoms with Crippen LogP contribution in [0.4, 0.5) is 5.69 Å². The lowest BCUT2D eigenvalue weighted by Crippen LogP contribution is -2.12. The zero-order valence-electron chi connectivity index (χ0n) is 9.88. The predicted molar refractivity (Wildman–Crippen MR) is 69.3 cm³/mol. The largest absolute Gasteiger partial charge is 0.416 e. The van der Waals surface area contributed by atoms with Crippen LogP contribution in [0, 0.1) is 6.92 Å². The van der Waals surface area contributed by atoms with E-state index >= 15 is 0 Å². The van der Waals surface area contributed by atoms with Gasteiger partial charge >= 0.3 is 0 Å². The van der Waals surface area contributed by atoms with Gasteiger partial charge < -0.3 is 9.73 Å². The Balaban J connectivity index is 1.80. The van der Waals surface area contributed by atoms with Crippen LogP contribution in [-0.2, 0) is 0 Å². The van der Waals surface area contributed by atoms with Gasteiger partial charge in [-0.05, 0) is 12.1 Å². The summed E-state index contributed by atoms with van der Waals surface area (Å²) in [7, 11) is 0. The maximum Gasteiger partial charge on any atom is 0.276 e. The van der Waals surface area contributed by atoms with Crippen LogP contribution in [0.1, 0.15) is 12.8 Å². The molecule has 0 aliphatic rings. The number of benzene rings is 1. The first-order valence-electron chi connectivity index (χ1n) is 5.50. The van der Waals surface area contributed by atoms with Gasteiger partial charge in [-0.15, -0.1) is 10.2 Å². The van der Waals surface area contributed by atoms with Crippen LogP contribution in [0.5, 0.6) is 0 Å². The first kappa shape index (κ1) is 12.0. The minimum absolute atomic E-state index is 0.370. The number of thioether (sulfide) groups is 1. The van der Waals surface area contributed by atoms with Crippen molar-refractivity contribution < 1.29 is 4.42 Å². The molecule has 1 aromatic heterocycles. The van der Waals surface area contributed by atoms with Crippen molar-refractivity contribution in [2.75, 3.05) is 11.9 Å². The molecule has 1 aromatic carbocycles.